The summed E-state index contributed by atoms with van der Waals surface area (Å²) in [5, 5.41) is 2.54. The van der Waals surface area contributed by atoms with Gasteiger partial charge in [0.2, 0.25) is 5.95 Å². The van der Waals surface area contributed by atoms with Gasteiger partial charge in [0.05, 0.1) is 6.61 Å². The molecule has 0 atom stereocenters. The normalized spacial score (nSPS) is 10.1. The standard InChI is InChI=1S/C15H15FN2O2/c1-2-9-20-12-6-3-5-11(10-12)15(19)18-14-8-4-7-13(16)17-14/h3-8,10H,2,9H2,1H3,(H,17,18,19). The zero-order chi connectivity index (χ0) is 14.4. The molecule has 1 aromatic heterocycles. The predicted octanol–water partition coefficient (Wildman–Crippen LogP) is 3.26. The Morgan fingerprint density at radius 1 is 1.30 bits per heavy atom. The molecule has 1 aromatic carbocycles. The molecule has 0 spiro atoms. The molecule has 0 unspecified atom stereocenters. The Hall–Kier alpha value is -2.43. The topological polar surface area (TPSA) is 51.2 Å². The smallest absolute Gasteiger partial charge is 0.256 e. The first kappa shape index (κ1) is 14.0. The van der Waals surface area contributed by atoms with E-state index in [0.717, 1.165) is 6.42 Å². The van der Waals surface area contributed by atoms with Gasteiger partial charge in [-0.05, 0) is 36.8 Å². The highest BCUT2D eigenvalue weighted by atomic mass is 19.1. The van der Waals surface area contributed by atoms with E-state index in [0.29, 0.717) is 17.9 Å². The minimum Gasteiger partial charge on any atom is -0.494 e. The number of rotatable bonds is 5. The summed E-state index contributed by atoms with van der Waals surface area (Å²) < 4.78 is 18.4. The number of anilines is 1. The number of nitrogens with zero attached hydrogens (tertiary/aromatic N) is 1. The van der Waals surface area contributed by atoms with Crippen LogP contribution in [0.2, 0.25) is 0 Å². The molecule has 2 rings (SSSR count). The van der Waals surface area contributed by atoms with Crippen LogP contribution in [0.1, 0.15) is 23.7 Å². The van der Waals surface area contributed by atoms with Crippen LogP contribution in [-0.2, 0) is 0 Å². The second-order valence-corrected chi connectivity index (χ2v) is 4.18. The van der Waals surface area contributed by atoms with Crippen LogP contribution in [0.4, 0.5) is 10.2 Å². The number of carbonyl (C=O) groups excluding carboxylic acids is 1. The van der Waals surface area contributed by atoms with Crippen molar-refractivity contribution in [2.45, 2.75) is 13.3 Å². The quantitative estimate of drug-likeness (QED) is 0.851. The number of pyridine rings is 1. The first-order valence-corrected chi connectivity index (χ1v) is 6.36. The van der Waals surface area contributed by atoms with Gasteiger partial charge >= 0.3 is 0 Å². The molecular formula is C15H15FN2O2. The van der Waals surface area contributed by atoms with Crippen molar-refractivity contribution in [2.75, 3.05) is 11.9 Å². The van der Waals surface area contributed by atoms with Gasteiger partial charge in [-0.25, -0.2) is 4.98 Å². The van der Waals surface area contributed by atoms with Gasteiger partial charge in [0.25, 0.3) is 5.91 Å². The van der Waals surface area contributed by atoms with Crippen LogP contribution in [0, 0.1) is 5.95 Å². The summed E-state index contributed by atoms with van der Waals surface area (Å²) in [7, 11) is 0. The van der Waals surface area contributed by atoms with Crippen LogP contribution in [0.15, 0.2) is 42.5 Å². The van der Waals surface area contributed by atoms with E-state index in [9.17, 15) is 9.18 Å². The fourth-order valence-corrected chi connectivity index (χ4v) is 1.61. The summed E-state index contributed by atoms with van der Waals surface area (Å²) in [6.07, 6.45) is 0.892. The molecule has 0 bridgehead atoms. The molecule has 104 valence electrons. The highest BCUT2D eigenvalue weighted by Gasteiger charge is 2.08. The van der Waals surface area contributed by atoms with E-state index in [1.165, 1.54) is 18.2 Å². The molecule has 4 nitrogen and oxygen atoms in total. The van der Waals surface area contributed by atoms with E-state index < -0.39 is 5.95 Å². The third-order valence-electron chi connectivity index (χ3n) is 2.53. The zero-order valence-corrected chi connectivity index (χ0v) is 11.1. The predicted molar refractivity (Wildman–Crippen MR) is 74.4 cm³/mol. The van der Waals surface area contributed by atoms with Gasteiger partial charge in [-0.1, -0.05) is 19.1 Å². The summed E-state index contributed by atoms with van der Waals surface area (Å²) in [5.74, 6) is -0.186. The largest absolute Gasteiger partial charge is 0.494 e. The van der Waals surface area contributed by atoms with Gasteiger partial charge in [0, 0.05) is 5.56 Å². The Morgan fingerprint density at radius 2 is 2.10 bits per heavy atom. The van der Waals surface area contributed by atoms with Crippen LogP contribution in [0.3, 0.4) is 0 Å². The van der Waals surface area contributed by atoms with Crippen LogP contribution in [-0.4, -0.2) is 17.5 Å². The van der Waals surface area contributed by atoms with Gasteiger partial charge in [0.15, 0.2) is 0 Å². The van der Waals surface area contributed by atoms with E-state index in [-0.39, 0.29) is 11.7 Å². The molecule has 5 heteroatoms. The molecule has 0 aliphatic carbocycles. The highest BCUT2D eigenvalue weighted by Crippen LogP contribution is 2.15. The molecule has 0 aliphatic heterocycles. The monoisotopic (exact) mass is 274 g/mol. The van der Waals surface area contributed by atoms with E-state index in [2.05, 4.69) is 10.3 Å². The van der Waals surface area contributed by atoms with Crippen molar-refractivity contribution < 1.29 is 13.9 Å². The average Bonchev–Trinajstić information content (AvgIpc) is 2.45. The second-order valence-electron chi connectivity index (χ2n) is 4.18. The average molecular weight is 274 g/mol. The van der Waals surface area contributed by atoms with Crippen molar-refractivity contribution >= 4 is 11.7 Å². The lowest BCUT2D eigenvalue weighted by Crippen LogP contribution is -2.13. The van der Waals surface area contributed by atoms with Crippen molar-refractivity contribution in [3.05, 3.63) is 54.0 Å². The number of amides is 1. The van der Waals surface area contributed by atoms with Gasteiger partial charge < -0.3 is 10.1 Å². The Balaban J connectivity index is 2.09. The van der Waals surface area contributed by atoms with Crippen molar-refractivity contribution in [1.82, 2.24) is 4.98 Å². The lowest BCUT2D eigenvalue weighted by atomic mass is 10.2. The van der Waals surface area contributed by atoms with Gasteiger partial charge in [-0.3, -0.25) is 4.79 Å². The van der Waals surface area contributed by atoms with Crippen molar-refractivity contribution in [2.24, 2.45) is 0 Å². The van der Waals surface area contributed by atoms with E-state index in [1.54, 1.807) is 24.3 Å². The lowest BCUT2D eigenvalue weighted by Gasteiger charge is -2.07. The fraction of sp³-hybridized carbons (Fsp3) is 0.200. The summed E-state index contributed by atoms with van der Waals surface area (Å²) >= 11 is 0. The molecule has 0 radical (unpaired) electrons. The van der Waals surface area contributed by atoms with Crippen molar-refractivity contribution in [1.29, 1.82) is 0 Å². The number of nitrogens with one attached hydrogen (secondary N) is 1. The molecule has 1 N–H and O–H groups in total. The number of carbonyl (C=O) groups is 1. The molecule has 0 saturated heterocycles. The minimum atomic E-state index is -0.636. The van der Waals surface area contributed by atoms with Gasteiger partial charge in [-0.2, -0.15) is 4.39 Å². The van der Waals surface area contributed by atoms with Crippen LogP contribution < -0.4 is 10.1 Å². The third kappa shape index (κ3) is 3.78. The first-order valence-electron chi connectivity index (χ1n) is 6.36. The maximum atomic E-state index is 12.9. The Kier molecular flexibility index (Phi) is 4.65. The maximum absolute atomic E-state index is 12.9. The number of hydrogen-bond donors (Lipinski definition) is 1. The van der Waals surface area contributed by atoms with Gasteiger partial charge in [0.1, 0.15) is 11.6 Å². The number of halogens is 1. The molecule has 2 aromatic rings. The van der Waals surface area contributed by atoms with Crippen LogP contribution in [0.5, 0.6) is 5.75 Å². The summed E-state index contributed by atoms with van der Waals surface area (Å²) in [6, 6.07) is 11.1. The summed E-state index contributed by atoms with van der Waals surface area (Å²) in [4.78, 5) is 15.6. The van der Waals surface area contributed by atoms with Crippen molar-refractivity contribution in [3.63, 3.8) is 0 Å². The van der Waals surface area contributed by atoms with Crippen molar-refractivity contribution in [3.8, 4) is 5.75 Å². The maximum Gasteiger partial charge on any atom is 0.256 e. The lowest BCUT2D eigenvalue weighted by molar-refractivity contribution is 0.102. The number of aromatic nitrogens is 1. The van der Waals surface area contributed by atoms with E-state index >= 15 is 0 Å². The summed E-state index contributed by atoms with van der Waals surface area (Å²) in [6.45, 7) is 2.60. The molecule has 0 fully saturated rings. The van der Waals surface area contributed by atoms with Gasteiger partial charge in [-0.15, -0.1) is 0 Å². The zero-order valence-electron chi connectivity index (χ0n) is 11.1. The Labute approximate surface area is 116 Å². The van der Waals surface area contributed by atoms with E-state index in [4.69, 9.17) is 4.74 Å². The SMILES string of the molecule is CCCOc1cccc(C(=O)Nc2cccc(F)n2)c1. The molecule has 1 amide bonds. The number of ether oxygens (including phenoxy) is 1. The van der Waals surface area contributed by atoms with Crippen LogP contribution >= 0.6 is 0 Å². The molecule has 0 aliphatic rings. The molecule has 20 heavy (non-hydrogen) atoms. The molecule has 1 heterocycles. The first-order chi connectivity index (χ1) is 9.69. The summed E-state index contributed by atoms with van der Waals surface area (Å²) in [5.41, 5.74) is 0.435. The highest BCUT2D eigenvalue weighted by molar-refractivity contribution is 6.03. The molecule has 0 saturated carbocycles. The molecular weight excluding hydrogens is 259 g/mol. The fourth-order valence-electron chi connectivity index (χ4n) is 1.61. The van der Waals surface area contributed by atoms with E-state index in [1.807, 2.05) is 6.92 Å². The second kappa shape index (κ2) is 6.65. The van der Waals surface area contributed by atoms with Crippen LogP contribution in [0.25, 0.3) is 0 Å². The Bertz CT molecular complexity index is 602. The Morgan fingerprint density at radius 3 is 2.85 bits per heavy atom. The minimum absolute atomic E-state index is 0.176. The number of benzene rings is 1. The number of hydrogen-bond acceptors (Lipinski definition) is 3. The third-order valence-corrected chi connectivity index (χ3v) is 2.53.